The molecule has 4 rings (SSSR count). The summed E-state index contributed by atoms with van der Waals surface area (Å²) in [5.74, 6) is 2.13. The minimum absolute atomic E-state index is 0.468. The van der Waals surface area contributed by atoms with Gasteiger partial charge >= 0.3 is 0 Å². The summed E-state index contributed by atoms with van der Waals surface area (Å²) in [6.07, 6.45) is 7.08. The van der Waals surface area contributed by atoms with E-state index in [9.17, 15) is 0 Å². The van der Waals surface area contributed by atoms with Crippen LogP contribution in [0.5, 0.6) is 0 Å². The lowest BCUT2D eigenvalue weighted by atomic mass is 9.96. The van der Waals surface area contributed by atoms with Gasteiger partial charge in [-0.2, -0.15) is 0 Å². The van der Waals surface area contributed by atoms with Gasteiger partial charge in [0.05, 0.1) is 11.4 Å². The average molecular weight is 350 g/mol. The highest BCUT2D eigenvalue weighted by Crippen LogP contribution is 2.34. The highest BCUT2D eigenvalue weighted by Gasteiger charge is 2.29. The lowest BCUT2D eigenvalue weighted by molar-refractivity contribution is 0.249. The van der Waals surface area contributed by atoms with Crippen molar-refractivity contribution in [2.75, 3.05) is 27.2 Å². The SMILES string of the molecule is CN=C(N)c1c(C2=Cc3ncccc3C2)nc(C2CCN(C)CC2)n1C. The van der Waals surface area contributed by atoms with E-state index in [0.29, 0.717) is 11.8 Å². The van der Waals surface area contributed by atoms with Crippen LogP contribution in [0.25, 0.3) is 11.6 Å². The number of imidazole rings is 1. The van der Waals surface area contributed by atoms with Gasteiger partial charge in [-0.15, -0.1) is 0 Å². The second kappa shape index (κ2) is 6.68. The van der Waals surface area contributed by atoms with Gasteiger partial charge in [0, 0.05) is 32.6 Å². The fourth-order valence-corrected chi connectivity index (χ4v) is 4.07. The molecule has 1 aliphatic carbocycles. The maximum absolute atomic E-state index is 6.27. The van der Waals surface area contributed by atoms with Gasteiger partial charge in [-0.25, -0.2) is 4.98 Å². The lowest BCUT2D eigenvalue weighted by Crippen LogP contribution is -2.30. The number of hydrogen-bond donors (Lipinski definition) is 1. The van der Waals surface area contributed by atoms with Gasteiger partial charge in [-0.1, -0.05) is 6.07 Å². The predicted octanol–water partition coefficient (Wildman–Crippen LogP) is 2.06. The Morgan fingerprint density at radius 3 is 2.73 bits per heavy atom. The molecule has 1 saturated heterocycles. The molecule has 3 heterocycles. The summed E-state index contributed by atoms with van der Waals surface area (Å²) >= 11 is 0. The van der Waals surface area contributed by atoms with E-state index in [1.165, 1.54) is 11.1 Å². The first kappa shape index (κ1) is 17.0. The Morgan fingerprint density at radius 1 is 1.27 bits per heavy atom. The predicted molar refractivity (Wildman–Crippen MR) is 105 cm³/mol. The normalized spacial score (nSPS) is 18.9. The number of rotatable bonds is 3. The van der Waals surface area contributed by atoms with Crippen molar-refractivity contribution in [1.82, 2.24) is 19.4 Å². The fraction of sp³-hybridized carbons (Fsp3) is 0.450. The molecule has 1 fully saturated rings. The van der Waals surface area contributed by atoms with Gasteiger partial charge in [-0.05, 0) is 56.3 Å². The van der Waals surface area contributed by atoms with Crippen LogP contribution in [0, 0.1) is 0 Å². The van der Waals surface area contributed by atoms with Crippen molar-refractivity contribution in [2.24, 2.45) is 17.8 Å². The molecule has 136 valence electrons. The highest BCUT2D eigenvalue weighted by molar-refractivity contribution is 6.02. The van der Waals surface area contributed by atoms with Gasteiger partial charge < -0.3 is 15.2 Å². The van der Waals surface area contributed by atoms with Crippen molar-refractivity contribution in [1.29, 1.82) is 0 Å². The van der Waals surface area contributed by atoms with Gasteiger partial charge in [-0.3, -0.25) is 9.98 Å². The van der Waals surface area contributed by atoms with Gasteiger partial charge in [0.15, 0.2) is 0 Å². The van der Waals surface area contributed by atoms with Crippen LogP contribution in [-0.4, -0.2) is 52.5 Å². The highest BCUT2D eigenvalue weighted by atomic mass is 15.1. The molecular weight excluding hydrogens is 324 g/mol. The van der Waals surface area contributed by atoms with Crippen LogP contribution in [0.4, 0.5) is 0 Å². The Balaban J connectivity index is 1.76. The molecule has 6 nitrogen and oxygen atoms in total. The van der Waals surface area contributed by atoms with Crippen molar-refractivity contribution in [3.63, 3.8) is 0 Å². The molecule has 0 saturated carbocycles. The fourth-order valence-electron chi connectivity index (χ4n) is 4.07. The van der Waals surface area contributed by atoms with E-state index in [-0.39, 0.29) is 0 Å². The number of amidine groups is 1. The molecule has 1 aliphatic heterocycles. The summed E-state index contributed by atoms with van der Waals surface area (Å²) in [5, 5.41) is 0. The van der Waals surface area contributed by atoms with Crippen LogP contribution < -0.4 is 5.73 Å². The molecule has 0 amide bonds. The second-order valence-electron chi connectivity index (χ2n) is 7.31. The monoisotopic (exact) mass is 350 g/mol. The molecule has 2 aromatic rings. The summed E-state index contributed by atoms with van der Waals surface area (Å²) in [7, 11) is 5.99. The molecule has 0 unspecified atom stereocenters. The number of allylic oxidation sites excluding steroid dienone is 1. The van der Waals surface area contributed by atoms with Gasteiger partial charge in [0.25, 0.3) is 0 Å². The van der Waals surface area contributed by atoms with Crippen molar-refractivity contribution < 1.29 is 0 Å². The molecule has 26 heavy (non-hydrogen) atoms. The third-order valence-corrected chi connectivity index (χ3v) is 5.62. The van der Waals surface area contributed by atoms with Crippen LogP contribution >= 0.6 is 0 Å². The Kier molecular flexibility index (Phi) is 4.36. The molecule has 0 atom stereocenters. The third-order valence-electron chi connectivity index (χ3n) is 5.62. The molecule has 2 N–H and O–H groups in total. The molecule has 0 aromatic carbocycles. The number of piperidine rings is 1. The first-order valence-electron chi connectivity index (χ1n) is 9.21. The van der Waals surface area contributed by atoms with Crippen molar-refractivity contribution >= 4 is 17.5 Å². The molecular formula is C20H26N6. The van der Waals surface area contributed by atoms with E-state index < -0.39 is 0 Å². The second-order valence-corrected chi connectivity index (χ2v) is 7.31. The van der Waals surface area contributed by atoms with Crippen LogP contribution in [-0.2, 0) is 13.5 Å². The van der Waals surface area contributed by atoms with Crippen LogP contribution in [0.15, 0.2) is 23.3 Å². The Morgan fingerprint density at radius 2 is 2.04 bits per heavy atom. The number of hydrogen-bond acceptors (Lipinski definition) is 4. The number of nitrogens with two attached hydrogens (primary N) is 1. The maximum atomic E-state index is 6.27. The Bertz CT molecular complexity index is 884. The van der Waals surface area contributed by atoms with Crippen molar-refractivity contribution in [2.45, 2.75) is 25.2 Å². The topological polar surface area (TPSA) is 72.3 Å². The van der Waals surface area contributed by atoms with Crippen molar-refractivity contribution in [3.8, 4) is 0 Å². The standard InChI is InChI=1S/C20H26N6/c1-22-19(21)18-17(15-11-14-5-4-8-23-16(14)12-15)24-20(26(18)3)13-6-9-25(2)10-7-13/h4-5,8,12-13H,6-7,9-11H2,1-3H3,(H2,21,22). The summed E-state index contributed by atoms with van der Waals surface area (Å²) in [5.41, 5.74) is 11.6. The van der Waals surface area contributed by atoms with Gasteiger partial charge in [0.1, 0.15) is 17.4 Å². The van der Waals surface area contributed by atoms with Gasteiger partial charge in [0.2, 0.25) is 0 Å². The quantitative estimate of drug-likeness (QED) is 0.679. The van der Waals surface area contributed by atoms with Crippen LogP contribution in [0.2, 0.25) is 0 Å². The zero-order chi connectivity index (χ0) is 18.3. The number of pyridine rings is 1. The molecule has 2 aliphatic rings. The maximum Gasteiger partial charge on any atom is 0.144 e. The number of aliphatic imine (C=N–C) groups is 1. The van der Waals surface area contributed by atoms with E-state index in [0.717, 1.165) is 55.3 Å². The minimum atomic E-state index is 0.468. The Hall–Kier alpha value is -2.47. The van der Waals surface area contributed by atoms with Crippen molar-refractivity contribution in [3.05, 3.63) is 46.8 Å². The molecule has 0 spiro atoms. The van der Waals surface area contributed by atoms with Crippen LogP contribution in [0.1, 0.15) is 47.2 Å². The number of fused-ring (bicyclic) bond motifs is 1. The first-order chi connectivity index (χ1) is 12.6. The Labute approximate surface area is 154 Å². The largest absolute Gasteiger partial charge is 0.382 e. The molecule has 0 bridgehead atoms. The summed E-state index contributed by atoms with van der Waals surface area (Å²) in [4.78, 5) is 16.2. The molecule has 6 heteroatoms. The molecule has 2 aromatic heterocycles. The number of nitrogens with zero attached hydrogens (tertiary/aromatic N) is 5. The van der Waals surface area contributed by atoms with E-state index in [4.69, 9.17) is 10.7 Å². The summed E-state index contributed by atoms with van der Waals surface area (Å²) in [6, 6.07) is 4.12. The van der Waals surface area contributed by atoms with Crippen LogP contribution in [0.3, 0.4) is 0 Å². The lowest BCUT2D eigenvalue weighted by Gasteiger charge is -2.28. The molecule has 0 radical (unpaired) electrons. The summed E-state index contributed by atoms with van der Waals surface area (Å²) in [6.45, 7) is 2.22. The van der Waals surface area contributed by atoms with E-state index >= 15 is 0 Å². The van der Waals surface area contributed by atoms with E-state index in [2.05, 4.69) is 45.7 Å². The third kappa shape index (κ3) is 2.84. The zero-order valence-electron chi connectivity index (χ0n) is 15.7. The minimum Gasteiger partial charge on any atom is -0.382 e. The average Bonchev–Trinajstić information content (AvgIpc) is 3.23. The zero-order valence-corrected chi connectivity index (χ0v) is 15.7. The number of aromatic nitrogens is 3. The van der Waals surface area contributed by atoms with E-state index in [1.54, 1.807) is 7.05 Å². The van der Waals surface area contributed by atoms with E-state index in [1.807, 2.05) is 12.3 Å². The summed E-state index contributed by atoms with van der Waals surface area (Å²) < 4.78 is 2.16. The smallest absolute Gasteiger partial charge is 0.144 e. The number of likely N-dealkylation sites (tertiary alicyclic amines) is 1. The first-order valence-corrected chi connectivity index (χ1v) is 9.21.